The van der Waals surface area contributed by atoms with E-state index >= 15 is 0 Å². The lowest BCUT2D eigenvalue weighted by Crippen LogP contribution is -2.01. The Labute approximate surface area is 166 Å². The average Bonchev–Trinajstić information content (AvgIpc) is 2.67. The van der Waals surface area contributed by atoms with E-state index in [9.17, 15) is 4.79 Å². The van der Waals surface area contributed by atoms with Gasteiger partial charge in [-0.3, -0.25) is 9.78 Å². The molecule has 26 heavy (non-hydrogen) atoms. The monoisotopic (exact) mass is 399 g/mol. The number of halogens is 2. The number of nitrogens with zero attached hydrogens (tertiary/aromatic N) is 1. The van der Waals surface area contributed by atoms with E-state index in [4.69, 9.17) is 23.2 Å². The summed E-state index contributed by atoms with van der Waals surface area (Å²) >= 11 is 13.4. The molecule has 5 heteroatoms. The Hall–Kier alpha value is -2.07. The first-order valence-corrected chi connectivity index (χ1v) is 9.65. The van der Waals surface area contributed by atoms with E-state index in [1.165, 1.54) is 11.8 Å². The minimum absolute atomic E-state index is 0.0375. The number of hydrogen-bond donors (Lipinski definition) is 0. The summed E-state index contributed by atoms with van der Waals surface area (Å²) in [4.78, 5) is 17.7. The molecule has 1 heterocycles. The zero-order chi connectivity index (χ0) is 18.4. The van der Waals surface area contributed by atoms with Crippen LogP contribution in [0.4, 0.5) is 0 Å². The highest BCUT2D eigenvalue weighted by atomic mass is 35.5. The smallest absolute Gasteiger partial charge is 0.199 e. The SMILES string of the molecule is O=C(/C(=C\c1cccnc1)SCc1ccc(Cl)cc1)c1ccc(Cl)cc1. The van der Waals surface area contributed by atoms with E-state index in [1.54, 1.807) is 36.7 Å². The molecule has 130 valence electrons. The lowest BCUT2D eigenvalue weighted by atomic mass is 10.1. The second-order valence-electron chi connectivity index (χ2n) is 5.55. The van der Waals surface area contributed by atoms with Crippen molar-refractivity contribution in [2.75, 3.05) is 0 Å². The van der Waals surface area contributed by atoms with E-state index in [0.717, 1.165) is 11.1 Å². The molecule has 0 radical (unpaired) electrons. The van der Waals surface area contributed by atoms with Crippen molar-refractivity contribution >= 4 is 46.8 Å². The highest BCUT2D eigenvalue weighted by Gasteiger charge is 2.14. The van der Waals surface area contributed by atoms with E-state index in [1.807, 2.05) is 42.5 Å². The topological polar surface area (TPSA) is 30.0 Å². The fourth-order valence-electron chi connectivity index (χ4n) is 2.27. The molecular formula is C21H15Cl2NOS. The Morgan fingerprint density at radius 3 is 2.23 bits per heavy atom. The molecule has 0 N–H and O–H groups in total. The van der Waals surface area contributed by atoms with Crippen molar-refractivity contribution in [1.29, 1.82) is 0 Å². The summed E-state index contributed by atoms with van der Waals surface area (Å²) in [7, 11) is 0. The van der Waals surface area contributed by atoms with Gasteiger partial charge < -0.3 is 0 Å². The van der Waals surface area contributed by atoms with Crippen molar-refractivity contribution in [1.82, 2.24) is 4.98 Å². The van der Waals surface area contributed by atoms with Crippen LogP contribution in [0, 0.1) is 0 Å². The summed E-state index contributed by atoms with van der Waals surface area (Å²) < 4.78 is 0. The lowest BCUT2D eigenvalue weighted by molar-refractivity contribution is 0.104. The molecular weight excluding hydrogens is 385 g/mol. The van der Waals surface area contributed by atoms with Gasteiger partial charge in [0, 0.05) is 33.8 Å². The number of hydrogen-bond acceptors (Lipinski definition) is 3. The number of ketones is 1. The number of aromatic nitrogens is 1. The minimum Gasteiger partial charge on any atom is -0.288 e. The number of rotatable bonds is 6. The first-order valence-electron chi connectivity index (χ1n) is 7.91. The van der Waals surface area contributed by atoms with Crippen LogP contribution in [0.3, 0.4) is 0 Å². The zero-order valence-corrected chi connectivity index (χ0v) is 16.1. The third-order valence-electron chi connectivity index (χ3n) is 3.62. The lowest BCUT2D eigenvalue weighted by Gasteiger charge is -2.08. The fourth-order valence-corrected chi connectivity index (χ4v) is 3.51. The molecule has 3 rings (SSSR count). The molecule has 1 aromatic heterocycles. The number of Topliss-reactive ketones (excluding diaryl/α,β-unsaturated/α-hetero) is 1. The van der Waals surface area contributed by atoms with Crippen LogP contribution < -0.4 is 0 Å². The van der Waals surface area contributed by atoms with E-state index in [2.05, 4.69) is 4.98 Å². The third-order valence-corrected chi connectivity index (χ3v) is 5.22. The quantitative estimate of drug-likeness (QED) is 0.347. The van der Waals surface area contributed by atoms with Crippen LogP contribution in [-0.2, 0) is 5.75 Å². The summed E-state index contributed by atoms with van der Waals surface area (Å²) in [5.74, 6) is 0.632. The van der Waals surface area contributed by atoms with Gasteiger partial charge in [-0.05, 0) is 59.7 Å². The van der Waals surface area contributed by atoms with Gasteiger partial charge in [0.05, 0.1) is 4.91 Å². The van der Waals surface area contributed by atoms with Gasteiger partial charge in [-0.25, -0.2) is 0 Å². The summed E-state index contributed by atoms with van der Waals surface area (Å²) in [5.41, 5.74) is 2.59. The molecule has 3 aromatic rings. The first-order chi connectivity index (χ1) is 12.6. The Bertz CT molecular complexity index is 907. The van der Waals surface area contributed by atoms with Crippen molar-refractivity contribution in [3.63, 3.8) is 0 Å². The Kier molecular flexibility index (Phi) is 6.51. The Morgan fingerprint density at radius 1 is 0.962 bits per heavy atom. The maximum Gasteiger partial charge on any atom is 0.199 e. The van der Waals surface area contributed by atoms with Crippen molar-refractivity contribution in [2.24, 2.45) is 0 Å². The third kappa shape index (κ3) is 5.21. The first kappa shape index (κ1) is 18.7. The van der Waals surface area contributed by atoms with Gasteiger partial charge in [0.1, 0.15) is 0 Å². The number of carbonyl (C=O) groups is 1. The number of allylic oxidation sites excluding steroid dienone is 1. The van der Waals surface area contributed by atoms with Crippen molar-refractivity contribution in [2.45, 2.75) is 5.75 Å². The molecule has 2 aromatic carbocycles. The molecule has 0 saturated carbocycles. The maximum atomic E-state index is 13.0. The van der Waals surface area contributed by atoms with Crippen molar-refractivity contribution in [3.8, 4) is 0 Å². The van der Waals surface area contributed by atoms with E-state index in [-0.39, 0.29) is 5.78 Å². The van der Waals surface area contributed by atoms with Crippen LogP contribution in [0.1, 0.15) is 21.5 Å². The normalized spacial score (nSPS) is 11.4. The summed E-state index contributed by atoms with van der Waals surface area (Å²) in [6.45, 7) is 0. The maximum absolute atomic E-state index is 13.0. The van der Waals surface area contributed by atoms with Crippen molar-refractivity contribution < 1.29 is 4.79 Å². The predicted molar refractivity (Wildman–Crippen MR) is 111 cm³/mol. The predicted octanol–water partition coefficient (Wildman–Crippen LogP) is 6.55. The van der Waals surface area contributed by atoms with E-state index in [0.29, 0.717) is 26.3 Å². The number of thioether (sulfide) groups is 1. The number of carbonyl (C=O) groups excluding carboxylic acids is 1. The van der Waals surface area contributed by atoms with Gasteiger partial charge >= 0.3 is 0 Å². The van der Waals surface area contributed by atoms with Gasteiger partial charge in [-0.1, -0.05) is 41.4 Å². The largest absolute Gasteiger partial charge is 0.288 e. The molecule has 0 aliphatic rings. The summed E-state index contributed by atoms with van der Waals surface area (Å²) in [5, 5.41) is 1.30. The molecule has 0 atom stereocenters. The van der Waals surface area contributed by atoms with Gasteiger partial charge in [0.2, 0.25) is 0 Å². The highest BCUT2D eigenvalue weighted by molar-refractivity contribution is 8.03. The summed E-state index contributed by atoms with van der Waals surface area (Å²) in [6, 6.07) is 18.3. The van der Waals surface area contributed by atoms with Gasteiger partial charge in [0.15, 0.2) is 5.78 Å². The minimum atomic E-state index is -0.0375. The second kappa shape index (κ2) is 9.04. The Morgan fingerprint density at radius 2 is 1.62 bits per heavy atom. The van der Waals surface area contributed by atoms with Gasteiger partial charge in [0.25, 0.3) is 0 Å². The van der Waals surface area contributed by atoms with E-state index < -0.39 is 0 Å². The number of pyridine rings is 1. The molecule has 0 fully saturated rings. The standard InChI is InChI=1S/C21H15Cl2NOS/c22-18-7-3-15(4-8-18)14-26-20(12-16-2-1-11-24-13-16)21(25)17-5-9-19(23)10-6-17/h1-13H,14H2/b20-12+. The van der Waals surface area contributed by atoms with Crippen LogP contribution >= 0.6 is 35.0 Å². The van der Waals surface area contributed by atoms with Crippen LogP contribution in [0.25, 0.3) is 6.08 Å². The second-order valence-corrected chi connectivity index (χ2v) is 7.44. The van der Waals surface area contributed by atoms with Crippen molar-refractivity contribution in [3.05, 3.63) is 105 Å². The Balaban J connectivity index is 1.86. The summed E-state index contributed by atoms with van der Waals surface area (Å²) in [6.07, 6.45) is 5.31. The average molecular weight is 400 g/mol. The van der Waals surface area contributed by atoms with Crippen LogP contribution in [0.15, 0.2) is 78.0 Å². The molecule has 0 amide bonds. The fraction of sp³-hybridized carbons (Fsp3) is 0.0476. The molecule has 0 aliphatic heterocycles. The number of benzene rings is 2. The molecule has 0 bridgehead atoms. The highest BCUT2D eigenvalue weighted by Crippen LogP contribution is 2.28. The van der Waals surface area contributed by atoms with Crippen LogP contribution in [0.2, 0.25) is 10.0 Å². The molecule has 0 aliphatic carbocycles. The molecule has 0 unspecified atom stereocenters. The van der Waals surface area contributed by atoms with Crippen LogP contribution in [-0.4, -0.2) is 10.8 Å². The molecule has 2 nitrogen and oxygen atoms in total. The zero-order valence-electron chi connectivity index (χ0n) is 13.7. The van der Waals surface area contributed by atoms with Gasteiger partial charge in [-0.2, -0.15) is 0 Å². The van der Waals surface area contributed by atoms with Gasteiger partial charge in [-0.15, -0.1) is 11.8 Å². The molecule has 0 saturated heterocycles. The molecule has 0 spiro atoms. The van der Waals surface area contributed by atoms with Crippen LogP contribution in [0.5, 0.6) is 0 Å².